The first-order valence-electron chi connectivity index (χ1n) is 13.2. The Kier molecular flexibility index (Phi) is 6.77. The van der Waals surface area contributed by atoms with Crippen LogP contribution >= 0.6 is 0 Å². The van der Waals surface area contributed by atoms with Gasteiger partial charge in [-0.25, -0.2) is 4.98 Å². The summed E-state index contributed by atoms with van der Waals surface area (Å²) in [6, 6.07) is 11.0. The second-order valence-corrected chi connectivity index (χ2v) is 10.1. The van der Waals surface area contributed by atoms with Crippen LogP contribution in [0.25, 0.3) is 0 Å². The van der Waals surface area contributed by atoms with Crippen LogP contribution in [0.1, 0.15) is 66.3 Å². The number of fused-ring (bicyclic) bond motifs is 5. The van der Waals surface area contributed by atoms with Crippen molar-refractivity contribution >= 4 is 28.8 Å². The predicted molar refractivity (Wildman–Crippen MR) is 140 cm³/mol. The van der Waals surface area contributed by atoms with Crippen LogP contribution in [0, 0.1) is 11.8 Å². The van der Waals surface area contributed by atoms with E-state index in [1.807, 2.05) is 31.0 Å². The number of nitrogens with zero attached hydrogens (tertiary/aromatic N) is 3. The zero-order valence-electron chi connectivity index (χ0n) is 20.8. The molecule has 1 aliphatic carbocycles. The highest BCUT2D eigenvalue weighted by Gasteiger charge is 2.36. The van der Waals surface area contributed by atoms with Gasteiger partial charge in [-0.3, -0.25) is 4.79 Å². The third-order valence-electron chi connectivity index (χ3n) is 7.89. The molecular weight excluding hydrogens is 424 g/mol. The lowest BCUT2D eigenvalue weighted by atomic mass is 9.82. The number of hydrogen-bond acceptors (Lipinski definition) is 5. The molecule has 0 radical (unpaired) electrons. The fourth-order valence-electron chi connectivity index (χ4n) is 5.88. The second-order valence-electron chi connectivity index (χ2n) is 10.1. The molecule has 5 heterocycles. The first kappa shape index (κ1) is 23.2. The molecule has 1 saturated carbocycles. The van der Waals surface area contributed by atoms with Crippen LogP contribution in [0.5, 0.6) is 0 Å². The molecule has 1 amide bonds. The maximum Gasteiger partial charge on any atom is 0.230 e. The average Bonchev–Trinajstić information content (AvgIpc) is 3.07. The van der Waals surface area contributed by atoms with Crippen molar-refractivity contribution in [2.75, 3.05) is 28.3 Å². The minimum Gasteiger partial charge on any atom is -0.374 e. The lowest BCUT2D eigenvalue weighted by Gasteiger charge is -2.46. The van der Waals surface area contributed by atoms with E-state index in [0.717, 1.165) is 73.9 Å². The van der Waals surface area contributed by atoms with Crippen LogP contribution in [0.2, 0.25) is 0 Å². The number of piperidine rings is 1. The minimum absolute atomic E-state index is 0. The van der Waals surface area contributed by atoms with Gasteiger partial charge in [0.2, 0.25) is 5.91 Å². The molecule has 0 spiro atoms. The monoisotopic (exact) mass is 464 g/mol. The molecule has 184 valence electrons. The van der Waals surface area contributed by atoms with Gasteiger partial charge in [0.15, 0.2) is 0 Å². The summed E-state index contributed by atoms with van der Waals surface area (Å²) < 4.78 is 5.92. The van der Waals surface area contributed by atoms with E-state index < -0.39 is 0 Å². The summed E-state index contributed by atoms with van der Waals surface area (Å²) in [5, 5.41) is 3.51. The smallest absolute Gasteiger partial charge is 0.230 e. The molecule has 2 aromatic rings. The summed E-state index contributed by atoms with van der Waals surface area (Å²) in [6.07, 6.45) is 8.74. The van der Waals surface area contributed by atoms with Gasteiger partial charge in [-0.05, 0) is 68.7 Å². The van der Waals surface area contributed by atoms with E-state index in [0.29, 0.717) is 18.7 Å². The van der Waals surface area contributed by atoms with Crippen molar-refractivity contribution in [3.63, 3.8) is 0 Å². The van der Waals surface area contributed by atoms with E-state index >= 15 is 0 Å². The fourth-order valence-corrected chi connectivity index (χ4v) is 5.88. The third kappa shape index (κ3) is 4.40. The zero-order chi connectivity index (χ0) is 23.7. The van der Waals surface area contributed by atoms with Gasteiger partial charge >= 0.3 is 0 Å². The van der Waals surface area contributed by atoms with Crippen molar-refractivity contribution in [2.24, 2.45) is 11.8 Å². The number of rotatable bonds is 2. The van der Waals surface area contributed by atoms with Crippen LogP contribution < -0.4 is 15.1 Å². The molecule has 6 nitrogen and oxygen atoms in total. The summed E-state index contributed by atoms with van der Waals surface area (Å²) in [4.78, 5) is 22.9. The number of benzene rings is 1. The lowest BCUT2D eigenvalue weighted by molar-refractivity contribution is -0.123. The molecule has 1 aromatic heterocycles. The molecule has 4 aliphatic heterocycles. The Morgan fingerprint density at radius 1 is 1.12 bits per heavy atom. The van der Waals surface area contributed by atoms with Crippen LogP contribution in [0.15, 0.2) is 36.5 Å². The Morgan fingerprint density at radius 3 is 2.65 bits per heavy atom. The topological polar surface area (TPSA) is 57.7 Å². The molecule has 6 heteroatoms. The molecule has 3 saturated heterocycles. The molecule has 2 atom stereocenters. The average molecular weight is 465 g/mol. The third-order valence-corrected chi connectivity index (χ3v) is 7.89. The first-order valence-corrected chi connectivity index (χ1v) is 13.2. The van der Waals surface area contributed by atoms with E-state index in [-0.39, 0.29) is 13.3 Å². The number of morpholine rings is 1. The van der Waals surface area contributed by atoms with Gasteiger partial charge in [-0.1, -0.05) is 26.8 Å². The van der Waals surface area contributed by atoms with Crippen LogP contribution in [-0.2, 0) is 16.1 Å². The number of nitrogens with one attached hydrogen (secondary N) is 1. The highest BCUT2D eigenvalue weighted by Crippen LogP contribution is 2.41. The van der Waals surface area contributed by atoms with Gasteiger partial charge in [0.1, 0.15) is 5.82 Å². The molecule has 34 heavy (non-hydrogen) atoms. The molecule has 1 N–H and O–H groups in total. The Labute approximate surface area is 205 Å². The van der Waals surface area contributed by atoms with Crippen molar-refractivity contribution < 1.29 is 11.0 Å². The number of ether oxygens (including phenoxy) is 1. The van der Waals surface area contributed by atoms with Crippen molar-refractivity contribution in [1.82, 2.24) is 4.98 Å². The minimum atomic E-state index is 0. The summed E-state index contributed by atoms with van der Waals surface area (Å²) >= 11 is 0. The lowest BCUT2D eigenvalue weighted by Crippen LogP contribution is -2.54. The van der Waals surface area contributed by atoms with E-state index in [1.54, 1.807) is 0 Å². The fraction of sp³-hybridized carbons (Fsp3) is 0.571. The summed E-state index contributed by atoms with van der Waals surface area (Å²) in [5.41, 5.74) is 4.19. The molecule has 2 unspecified atom stereocenters. The van der Waals surface area contributed by atoms with Crippen molar-refractivity contribution in [2.45, 2.75) is 78.0 Å². The first-order chi connectivity index (χ1) is 16.7. The SMILES string of the molecule is CC.CC1CCC(C(=O)N2Cc3cccnc3Nc3ccc(N4CC5CCC4CO5)cc32)CC1.[HH]. The van der Waals surface area contributed by atoms with E-state index in [2.05, 4.69) is 46.4 Å². The molecule has 7 rings (SSSR count). The Morgan fingerprint density at radius 2 is 1.94 bits per heavy atom. The maximum atomic E-state index is 13.8. The van der Waals surface area contributed by atoms with E-state index in [9.17, 15) is 4.79 Å². The summed E-state index contributed by atoms with van der Waals surface area (Å²) in [7, 11) is 0. The van der Waals surface area contributed by atoms with E-state index in [4.69, 9.17) is 4.74 Å². The Hall–Kier alpha value is -2.60. The quantitative estimate of drug-likeness (QED) is 0.579. The van der Waals surface area contributed by atoms with Gasteiger partial charge in [0, 0.05) is 31.3 Å². The van der Waals surface area contributed by atoms with Gasteiger partial charge in [-0.15, -0.1) is 0 Å². The highest BCUT2D eigenvalue weighted by atomic mass is 16.5. The highest BCUT2D eigenvalue weighted by molar-refractivity contribution is 6.00. The number of carbonyl (C=O) groups is 1. The number of anilines is 4. The largest absolute Gasteiger partial charge is 0.374 e. The normalized spacial score (nSPS) is 27.5. The van der Waals surface area contributed by atoms with Gasteiger partial charge in [-0.2, -0.15) is 0 Å². The summed E-state index contributed by atoms with van der Waals surface area (Å²) in [5.74, 6) is 1.95. The van der Waals surface area contributed by atoms with Crippen molar-refractivity contribution in [3.05, 3.63) is 42.1 Å². The van der Waals surface area contributed by atoms with Gasteiger partial charge in [0.25, 0.3) is 0 Å². The number of carbonyl (C=O) groups excluding carboxylic acids is 1. The number of pyridine rings is 1. The molecule has 5 aliphatic rings. The number of aromatic nitrogens is 1. The number of hydrogen-bond donors (Lipinski definition) is 1. The van der Waals surface area contributed by atoms with Crippen molar-refractivity contribution in [1.29, 1.82) is 0 Å². The van der Waals surface area contributed by atoms with Gasteiger partial charge in [0.05, 0.1) is 36.7 Å². The summed E-state index contributed by atoms with van der Waals surface area (Å²) in [6.45, 7) is 8.61. The Balaban J connectivity index is 0.000000940. The van der Waals surface area contributed by atoms with Gasteiger partial charge < -0.3 is 19.9 Å². The predicted octanol–water partition coefficient (Wildman–Crippen LogP) is 6.14. The zero-order valence-corrected chi connectivity index (χ0v) is 20.8. The molecular formula is C28H40N4O2. The van der Waals surface area contributed by atoms with Crippen LogP contribution in [0.4, 0.5) is 22.9 Å². The molecule has 4 fully saturated rings. The standard InChI is InChI=1S/C26H32N4O2.C2H6.H2/c1-17-4-6-18(7-5-17)26(31)30-14-19-3-2-12-27-25(19)28-23-11-9-20(13-24(23)30)29-15-22-10-8-21(29)16-32-22;1-2;/h2-3,9,11-13,17-18,21-22H,4-8,10,14-16H2,1H3,(H,27,28);1-2H3;1H. The van der Waals surface area contributed by atoms with Crippen LogP contribution in [-0.4, -0.2) is 36.2 Å². The number of amides is 1. The van der Waals surface area contributed by atoms with Crippen molar-refractivity contribution in [3.8, 4) is 0 Å². The molecule has 1 aromatic carbocycles. The Bertz CT molecular complexity index is 1020. The van der Waals surface area contributed by atoms with Crippen LogP contribution in [0.3, 0.4) is 0 Å². The van der Waals surface area contributed by atoms with E-state index in [1.165, 1.54) is 12.1 Å². The molecule has 2 bridgehead atoms. The maximum absolute atomic E-state index is 13.8. The second kappa shape index (κ2) is 9.95.